The molecule has 0 fully saturated rings. The van der Waals surface area contributed by atoms with Gasteiger partial charge in [0.25, 0.3) is 0 Å². The van der Waals surface area contributed by atoms with Gasteiger partial charge in [0.15, 0.2) is 5.82 Å². The van der Waals surface area contributed by atoms with Gasteiger partial charge in [0.2, 0.25) is 0 Å². The van der Waals surface area contributed by atoms with Crippen LogP contribution in [0.15, 0.2) is 18.5 Å². The van der Waals surface area contributed by atoms with E-state index in [1.165, 1.54) is 0 Å². The zero-order valence-corrected chi connectivity index (χ0v) is 13.6. The quantitative estimate of drug-likeness (QED) is 0.888. The largest absolute Gasteiger partial charge is 0.388 e. The summed E-state index contributed by atoms with van der Waals surface area (Å²) < 4.78 is 1.84. The lowest BCUT2D eigenvalue weighted by Crippen LogP contribution is -2.35. The lowest BCUT2D eigenvalue weighted by Gasteiger charge is -2.25. The van der Waals surface area contributed by atoms with Crippen LogP contribution in [0, 0.1) is 0 Å². The van der Waals surface area contributed by atoms with Crippen LogP contribution in [0.4, 0.5) is 5.82 Å². The maximum absolute atomic E-state index is 10.4. The van der Waals surface area contributed by atoms with Gasteiger partial charge < -0.3 is 10.4 Å². The normalized spacial score (nSPS) is 12.9. The van der Waals surface area contributed by atoms with Crippen molar-refractivity contribution >= 4 is 11.3 Å². The van der Waals surface area contributed by atoms with Gasteiger partial charge in [-0.2, -0.15) is 5.10 Å². The first-order chi connectivity index (χ1) is 9.79. The molecule has 0 unspecified atom stereocenters. The van der Waals surface area contributed by atoms with Gasteiger partial charge in [-0.15, -0.1) is 0 Å². The number of aromatic nitrogens is 3. The van der Waals surface area contributed by atoms with E-state index in [0.29, 0.717) is 19.4 Å². The van der Waals surface area contributed by atoms with Crippen molar-refractivity contribution in [2.45, 2.75) is 58.5 Å². The summed E-state index contributed by atoms with van der Waals surface area (Å²) >= 11 is 0. The lowest BCUT2D eigenvalue weighted by atomic mass is 9.92. The lowest BCUT2D eigenvalue weighted by molar-refractivity contribution is 0.0456. The van der Waals surface area contributed by atoms with Gasteiger partial charge in [0, 0.05) is 24.4 Å². The third-order valence-corrected chi connectivity index (χ3v) is 4.06. The van der Waals surface area contributed by atoms with Gasteiger partial charge in [-0.05, 0) is 18.9 Å². The summed E-state index contributed by atoms with van der Waals surface area (Å²) in [4.78, 5) is 4.39. The summed E-state index contributed by atoms with van der Waals surface area (Å²) in [6.45, 7) is 10.9. The summed E-state index contributed by atoms with van der Waals surface area (Å²) in [5.74, 6) is 0.765. The van der Waals surface area contributed by atoms with Crippen molar-refractivity contribution in [1.82, 2.24) is 14.6 Å². The number of anilines is 1. The minimum atomic E-state index is -0.693. The second-order valence-corrected chi connectivity index (χ2v) is 6.67. The molecular formula is C16H26N4O. The van der Waals surface area contributed by atoms with Crippen molar-refractivity contribution in [1.29, 1.82) is 0 Å². The Kier molecular flexibility index (Phi) is 4.23. The molecule has 0 aliphatic rings. The average Bonchev–Trinajstić information content (AvgIpc) is 2.89. The predicted molar refractivity (Wildman–Crippen MR) is 85.7 cm³/mol. The number of rotatable bonds is 5. The van der Waals surface area contributed by atoms with E-state index in [9.17, 15) is 5.11 Å². The zero-order valence-electron chi connectivity index (χ0n) is 13.6. The highest BCUT2D eigenvalue weighted by Crippen LogP contribution is 2.25. The van der Waals surface area contributed by atoms with Crippen LogP contribution in [0.1, 0.15) is 53.2 Å². The first-order valence-electron chi connectivity index (χ1n) is 7.60. The van der Waals surface area contributed by atoms with Gasteiger partial charge in [-0.25, -0.2) is 9.50 Å². The highest BCUT2D eigenvalue weighted by molar-refractivity contribution is 5.68. The van der Waals surface area contributed by atoms with Crippen LogP contribution in [-0.4, -0.2) is 31.9 Å². The number of hydrogen-bond donors (Lipinski definition) is 2. The molecule has 21 heavy (non-hydrogen) atoms. The highest BCUT2D eigenvalue weighted by Gasteiger charge is 2.23. The van der Waals surface area contributed by atoms with Gasteiger partial charge in [0.05, 0.1) is 11.3 Å². The fourth-order valence-corrected chi connectivity index (χ4v) is 2.17. The molecule has 0 atom stereocenters. The van der Waals surface area contributed by atoms with Crippen molar-refractivity contribution in [3.8, 4) is 0 Å². The molecule has 0 aliphatic carbocycles. The summed E-state index contributed by atoms with van der Waals surface area (Å²) in [5.41, 5.74) is 1.27. The Bertz CT molecular complexity index is 608. The Labute approximate surface area is 126 Å². The molecule has 2 rings (SSSR count). The van der Waals surface area contributed by atoms with E-state index >= 15 is 0 Å². The van der Waals surface area contributed by atoms with Crippen LogP contribution in [0.2, 0.25) is 0 Å². The van der Waals surface area contributed by atoms with Crippen LogP contribution in [0.5, 0.6) is 0 Å². The first kappa shape index (κ1) is 15.8. The average molecular weight is 290 g/mol. The fraction of sp³-hybridized carbons (Fsp3) is 0.625. The van der Waals surface area contributed by atoms with Crippen LogP contribution < -0.4 is 5.32 Å². The topological polar surface area (TPSA) is 62.5 Å². The Balaban J connectivity index is 2.30. The molecule has 0 saturated carbocycles. The first-order valence-corrected chi connectivity index (χ1v) is 7.60. The molecule has 0 amide bonds. The molecule has 0 radical (unpaired) electrons. The van der Waals surface area contributed by atoms with Crippen molar-refractivity contribution in [2.75, 3.05) is 11.9 Å². The van der Waals surface area contributed by atoms with Crippen LogP contribution in [-0.2, 0) is 5.41 Å². The molecule has 5 heteroatoms. The van der Waals surface area contributed by atoms with E-state index in [2.05, 4.69) is 42.2 Å². The van der Waals surface area contributed by atoms with E-state index in [-0.39, 0.29) is 5.41 Å². The molecular weight excluding hydrogens is 264 g/mol. The molecule has 0 spiro atoms. The van der Waals surface area contributed by atoms with Gasteiger partial charge in [0.1, 0.15) is 5.52 Å². The van der Waals surface area contributed by atoms with Crippen LogP contribution >= 0.6 is 0 Å². The number of hydrogen-bond acceptors (Lipinski definition) is 4. The second kappa shape index (κ2) is 5.64. The number of fused-ring (bicyclic) bond motifs is 1. The Morgan fingerprint density at radius 1 is 1.24 bits per heavy atom. The van der Waals surface area contributed by atoms with E-state index in [1.807, 2.05) is 24.6 Å². The Hall–Kier alpha value is -1.62. The van der Waals surface area contributed by atoms with E-state index in [0.717, 1.165) is 17.0 Å². The molecule has 2 aromatic heterocycles. The maximum atomic E-state index is 10.4. The van der Waals surface area contributed by atoms with Crippen LogP contribution in [0.25, 0.3) is 5.52 Å². The molecule has 116 valence electrons. The number of nitrogens with zero attached hydrogens (tertiary/aromatic N) is 3. The summed E-state index contributed by atoms with van der Waals surface area (Å²) in [5, 5.41) is 18.3. The van der Waals surface area contributed by atoms with Gasteiger partial charge >= 0.3 is 0 Å². The zero-order chi connectivity index (χ0) is 15.7. The summed E-state index contributed by atoms with van der Waals surface area (Å²) in [6, 6.07) is 2.06. The van der Waals surface area contributed by atoms with Crippen molar-refractivity contribution in [3.05, 3.63) is 24.2 Å². The van der Waals surface area contributed by atoms with Crippen molar-refractivity contribution in [2.24, 2.45) is 0 Å². The highest BCUT2D eigenvalue weighted by atomic mass is 16.3. The minimum Gasteiger partial charge on any atom is -0.388 e. The standard InChI is InChI=1S/C16H26N4O/c1-6-16(21,7-2)11-18-14-12-10-13(15(3,4)5)19-20(12)9-8-17-14/h8-10,21H,6-7,11H2,1-5H3,(H,17,18). The van der Waals surface area contributed by atoms with Gasteiger partial charge in [-0.3, -0.25) is 0 Å². The number of nitrogens with one attached hydrogen (secondary N) is 1. The van der Waals surface area contributed by atoms with E-state index in [1.54, 1.807) is 6.20 Å². The maximum Gasteiger partial charge on any atom is 0.152 e. The fourth-order valence-electron chi connectivity index (χ4n) is 2.17. The van der Waals surface area contributed by atoms with E-state index in [4.69, 9.17) is 0 Å². The molecule has 0 bridgehead atoms. The minimum absolute atomic E-state index is 0.00311. The SMILES string of the molecule is CCC(O)(CC)CNc1nccn2nc(C(C)(C)C)cc12. The summed E-state index contributed by atoms with van der Waals surface area (Å²) in [7, 11) is 0. The van der Waals surface area contributed by atoms with Gasteiger partial charge in [-0.1, -0.05) is 34.6 Å². The number of aliphatic hydroxyl groups is 1. The molecule has 0 aromatic carbocycles. The summed E-state index contributed by atoms with van der Waals surface area (Å²) in [6.07, 6.45) is 5.01. The second-order valence-electron chi connectivity index (χ2n) is 6.67. The third-order valence-electron chi connectivity index (χ3n) is 4.06. The van der Waals surface area contributed by atoms with Crippen LogP contribution in [0.3, 0.4) is 0 Å². The Morgan fingerprint density at radius 3 is 2.48 bits per heavy atom. The van der Waals surface area contributed by atoms with E-state index < -0.39 is 5.60 Å². The molecule has 0 aliphatic heterocycles. The third kappa shape index (κ3) is 3.35. The smallest absolute Gasteiger partial charge is 0.152 e. The molecule has 0 saturated heterocycles. The molecule has 5 nitrogen and oxygen atoms in total. The molecule has 2 heterocycles. The monoisotopic (exact) mass is 290 g/mol. The van der Waals surface area contributed by atoms with Crippen molar-refractivity contribution in [3.63, 3.8) is 0 Å². The molecule has 2 aromatic rings. The predicted octanol–water partition coefficient (Wildman–Crippen LogP) is 2.99. The van der Waals surface area contributed by atoms with Crippen molar-refractivity contribution < 1.29 is 5.11 Å². The Morgan fingerprint density at radius 2 is 1.90 bits per heavy atom. The molecule has 2 N–H and O–H groups in total.